The largest absolute Gasteiger partial charge is 0.289 e. The molecule has 0 radical (unpaired) electrons. The number of rotatable bonds is 7. The lowest BCUT2D eigenvalue weighted by atomic mass is 9.77. The van der Waals surface area contributed by atoms with E-state index in [9.17, 15) is 10.0 Å². The molecular weight excluding hydrogens is 380 g/mol. The fourth-order valence-corrected chi connectivity index (χ4v) is 4.26. The molecule has 2 aromatic carbocycles. The van der Waals surface area contributed by atoms with Gasteiger partial charge in [0.05, 0.1) is 5.92 Å². The third-order valence-electron chi connectivity index (χ3n) is 4.89. The van der Waals surface area contributed by atoms with Crippen LogP contribution in [0.5, 0.6) is 0 Å². The molecule has 1 aromatic heterocycles. The van der Waals surface area contributed by atoms with Crippen LogP contribution in [0.1, 0.15) is 47.2 Å². The number of amides is 1. The summed E-state index contributed by atoms with van der Waals surface area (Å²) in [6.07, 6.45) is 2.20. The Morgan fingerprint density at radius 2 is 1.85 bits per heavy atom. The normalized spacial score (nSPS) is 14.3. The first-order valence-corrected chi connectivity index (χ1v) is 9.99. The maximum atomic E-state index is 12.4. The number of nitrogens with one attached hydrogen (secondary N) is 1. The maximum absolute atomic E-state index is 12.4. The van der Waals surface area contributed by atoms with Crippen LogP contribution in [0.3, 0.4) is 0 Å². The van der Waals surface area contributed by atoms with Crippen molar-refractivity contribution in [3.63, 3.8) is 0 Å². The summed E-state index contributed by atoms with van der Waals surface area (Å²) in [4.78, 5) is 16.7. The molecular formula is C21H21ClN2O2S. The van der Waals surface area contributed by atoms with Gasteiger partial charge in [0.15, 0.2) is 0 Å². The van der Waals surface area contributed by atoms with Gasteiger partial charge in [-0.25, -0.2) is 10.5 Å². The molecule has 3 unspecified atom stereocenters. The molecule has 3 aromatic rings. The molecule has 0 spiro atoms. The van der Waals surface area contributed by atoms with Crippen molar-refractivity contribution in [2.24, 2.45) is 0 Å². The Bertz CT molecular complexity index is 854. The van der Waals surface area contributed by atoms with Gasteiger partial charge in [0.1, 0.15) is 5.01 Å². The number of carbonyl (C=O) groups excluding carboxylic acids is 1. The molecule has 1 amide bonds. The lowest BCUT2D eigenvalue weighted by Crippen LogP contribution is -2.28. The minimum atomic E-state index is -0.526. The lowest BCUT2D eigenvalue weighted by molar-refractivity contribution is -0.131. The van der Waals surface area contributed by atoms with Crippen LogP contribution < -0.4 is 5.48 Å². The summed E-state index contributed by atoms with van der Waals surface area (Å²) < 4.78 is 0. The Kier molecular flexibility index (Phi) is 6.61. The standard InChI is InChI=1S/C21H21ClN2O2S/c1-14(15-5-3-2-4-6-15)18(16-7-9-17(22)10-8-16)13-19(20(25)24-26)21-23-11-12-27-21/h2-12,14,18-19,26H,13H2,1H3,(H,24,25). The zero-order valence-corrected chi connectivity index (χ0v) is 16.5. The topological polar surface area (TPSA) is 62.2 Å². The van der Waals surface area contributed by atoms with E-state index in [1.807, 2.05) is 47.8 Å². The number of thiazole rings is 1. The van der Waals surface area contributed by atoms with Gasteiger partial charge < -0.3 is 0 Å². The Morgan fingerprint density at radius 3 is 2.44 bits per heavy atom. The SMILES string of the molecule is CC(c1ccccc1)C(CC(C(=O)NO)c1nccs1)c1ccc(Cl)cc1. The smallest absolute Gasteiger partial charge is 0.253 e. The van der Waals surface area contributed by atoms with Crippen LogP contribution in [-0.2, 0) is 4.79 Å². The number of carbonyl (C=O) groups is 1. The van der Waals surface area contributed by atoms with Crippen LogP contribution in [0.4, 0.5) is 0 Å². The first kappa shape index (κ1) is 19.5. The highest BCUT2D eigenvalue weighted by Crippen LogP contribution is 2.40. The highest BCUT2D eigenvalue weighted by molar-refractivity contribution is 7.09. The van der Waals surface area contributed by atoms with E-state index in [0.29, 0.717) is 16.5 Å². The second kappa shape index (κ2) is 9.13. The van der Waals surface area contributed by atoms with Crippen LogP contribution in [-0.4, -0.2) is 16.1 Å². The number of benzene rings is 2. The molecule has 27 heavy (non-hydrogen) atoms. The predicted octanol–water partition coefficient (Wildman–Crippen LogP) is 5.36. The first-order chi connectivity index (χ1) is 13.1. The second-order valence-electron chi connectivity index (χ2n) is 6.49. The highest BCUT2D eigenvalue weighted by atomic mass is 35.5. The van der Waals surface area contributed by atoms with E-state index in [0.717, 1.165) is 5.56 Å². The third kappa shape index (κ3) is 4.75. The fourth-order valence-electron chi connectivity index (χ4n) is 3.39. The van der Waals surface area contributed by atoms with Gasteiger partial charge in [0.25, 0.3) is 5.91 Å². The van der Waals surface area contributed by atoms with Gasteiger partial charge in [-0.05, 0) is 41.5 Å². The highest BCUT2D eigenvalue weighted by Gasteiger charge is 2.30. The van der Waals surface area contributed by atoms with E-state index in [1.54, 1.807) is 11.7 Å². The monoisotopic (exact) mass is 400 g/mol. The molecule has 3 rings (SSSR count). The van der Waals surface area contributed by atoms with E-state index in [2.05, 4.69) is 24.0 Å². The number of halogens is 1. The number of nitrogens with zero attached hydrogens (tertiary/aromatic N) is 1. The van der Waals surface area contributed by atoms with E-state index >= 15 is 0 Å². The second-order valence-corrected chi connectivity index (χ2v) is 7.85. The minimum absolute atomic E-state index is 0.0517. The summed E-state index contributed by atoms with van der Waals surface area (Å²) in [7, 11) is 0. The Balaban J connectivity index is 1.98. The predicted molar refractivity (Wildman–Crippen MR) is 108 cm³/mol. The average Bonchev–Trinajstić information content (AvgIpc) is 3.24. The van der Waals surface area contributed by atoms with Crippen LogP contribution in [0.2, 0.25) is 5.02 Å². The molecule has 2 N–H and O–H groups in total. The zero-order chi connectivity index (χ0) is 19.2. The lowest BCUT2D eigenvalue weighted by Gasteiger charge is -2.28. The van der Waals surface area contributed by atoms with Gasteiger partial charge in [0, 0.05) is 16.6 Å². The minimum Gasteiger partial charge on any atom is -0.289 e. The molecule has 0 fully saturated rings. The van der Waals surface area contributed by atoms with Crippen molar-refractivity contribution in [2.75, 3.05) is 0 Å². The molecule has 3 atom stereocenters. The molecule has 0 aliphatic rings. The van der Waals surface area contributed by atoms with Gasteiger partial charge >= 0.3 is 0 Å². The molecule has 0 saturated carbocycles. The van der Waals surface area contributed by atoms with Crippen molar-refractivity contribution < 1.29 is 10.0 Å². The quantitative estimate of drug-likeness (QED) is 0.414. The van der Waals surface area contributed by atoms with Crippen LogP contribution in [0, 0.1) is 0 Å². The van der Waals surface area contributed by atoms with Gasteiger partial charge in [-0.3, -0.25) is 10.0 Å². The first-order valence-electron chi connectivity index (χ1n) is 8.74. The number of aromatic nitrogens is 1. The fraction of sp³-hybridized carbons (Fsp3) is 0.238. The van der Waals surface area contributed by atoms with E-state index in [-0.39, 0.29) is 11.8 Å². The summed E-state index contributed by atoms with van der Waals surface area (Å²) >= 11 is 7.49. The average molecular weight is 401 g/mol. The van der Waals surface area contributed by atoms with Crippen molar-refractivity contribution in [3.05, 3.63) is 87.3 Å². The van der Waals surface area contributed by atoms with E-state index in [4.69, 9.17) is 11.6 Å². The van der Waals surface area contributed by atoms with Crippen LogP contribution in [0.25, 0.3) is 0 Å². The van der Waals surface area contributed by atoms with Crippen molar-refractivity contribution in [1.29, 1.82) is 0 Å². The van der Waals surface area contributed by atoms with E-state index < -0.39 is 11.8 Å². The van der Waals surface area contributed by atoms with Crippen molar-refractivity contribution in [1.82, 2.24) is 10.5 Å². The summed E-state index contributed by atoms with van der Waals surface area (Å²) in [5, 5.41) is 12.4. The molecule has 0 saturated heterocycles. The molecule has 1 heterocycles. The van der Waals surface area contributed by atoms with Crippen molar-refractivity contribution >= 4 is 28.8 Å². The van der Waals surface area contributed by atoms with Crippen molar-refractivity contribution in [3.8, 4) is 0 Å². The molecule has 0 aliphatic heterocycles. The molecule has 0 bridgehead atoms. The summed E-state index contributed by atoms with van der Waals surface area (Å²) in [6.45, 7) is 2.16. The van der Waals surface area contributed by atoms with Gasteiger partial charge in [-0.15, -0.1) is 11.3 Å². The Morgan fingerprint density at radius 1 is 1.15 bits per heavy atom. The Labute approximate surface area is 167 Å². The summed E-state index contributed by atoms with van der Waals surface area (Å²) in [6, 6.07) is 18.0. The molecule has 0 aliphatic carbocycles. The van der Waals surface area contributed by atoms with Gasteiger partial charge in [-0.2, -0.15) is 0 Å². The summed E-state index contributed by atoms with van der Waals surface area (Å²) in [5.74, 6) is -0.747. The van der Waals surface area contributed by atoms with E-state index in [1.165, 1.54) is 16.9 Å². The van der Waals surface area contributed by atoms with Gasteiger partial charge in [0.2, 0.25) is 0 Å². The zero-order valence-electron chi connectivity index (χ0n) is 14.9. The number of hydroxylamine groups is 1. The maximum Gasteiger partial charge on any atom is 0.253 e. The van der Waals surface area contributed by atoms with Crippen LogP contribution >= 0.6 is 22.9 Å². The van der Waals surface area contributed by atoms with Crippen LogP contribution in [0.15, 0.2) is 66.2 Å². The number of hydrogen-bond donors (Lipinski definition) is 2. The van der Waals surface area contributed by atoms with Gasteiger partial charge in [-0.1, -0.05) is 61.0 Å². The summed E-state index contributed by atoms with van der Waals surface area (Å²) in [5.41, 5.74) is 4.10. The number of hydrogen-bond acceptors (Lipinski definition) is 4. The molecule has 4 nitrogen and oxygen atoms in total. The molecule has 140 valence electrons. The molecule has 6 heteroatoms. The Hall–Kier alpha value is -2.21. The van der Waals surface area contributed by atoms with Crippen molar-refractivity contribution in [2.45, 2.75) is 31.1 Å². The third-order valence-corrected chi connectivity index (χ3v) is 6.03.